The van der Waals surface area contributed by atoms with Crippen LogP contribution in [-0.2, 0) is 23.7 Å². The van der Waals surface area contributed by atoms with Gasteiger partial charge in [0, 0.05) is 13.0 Å². The number of carbonyl (C=O) groups excluding carboxylic acids is 1. The van der Waals surface area contributed by atoms with Crippen LogP contribution in [0.4, 0.5) is 0 Å². The Balaban J connectivity index is 2.29. The summed E-state index contributed by atoms with van der Waals surface area (Å²) in [7, 11) is 0. The van der Waals surface area contributed by atoms with E-state index in [4.69, 9.17) is 18.9 Å². The molecule has 6 unspecified atom stereocenters. The van der Waals surface area contributed by atoms with Crippen LogP contribution < -0.4 is 0 Å². The van der Waals surface area contributed by atoms with Gasteiger partial charge < -0.3 is 39.4 Å². The van der Waals surface area contributed by atoms with Crippen LogP contribution in [0.3, 0.4) is 0 Å². The van der Waals surface area contributed by atoms with Crippen LogP contribution in [0.1, 0.15) is 155 Å². The molecule has 9 nitrogen and oxygen atoms in total. The maximum absolute atomic E-state index is 12.7. The van der Waals surface area contributed by atoms with Crippen molar-refractivity contribution in [1.29, 1.82) is 0 Å². The van der Waals surface area contributed by atoms with Gasteiger partial charge in [0.25, 0.3) is 0 Å². The van der Waals surface area contributed by atoms with Crippen molar-refractivity contribution in [3.8, 4) is 0 Å². The lowest BCUT2D eigenvalue weighted by atomic mass is 9.99. The van der Waals surface area contributed by atoms with E-state index >= 15 is 0 Å². The number of ether oxygens (including phenoxy) is 4. The van der Waals surface area contributed by atoms with Crippen molar-refractivity contribution in [2.45, 2.75) is 192 Å². The number of rotatable bonds is 34. The van der Waals surface area contributed by atoms with E-state index in [9.17, 15) is 25.2 Å². The van der Waals surface area contributed by atoms with Gasteiger partial charge in [0.05, 0.1) is 19.8 Å². The summed E-state index contributed by atoms with van der Waals surface area (Å²) in [6.45, 7) is 4.41. The summed E-state index contributed by atoms with van der Waals surface area (Å²) in [5, 5.41) is 40.0. The monoisotopic (exact) mass is 737 g/mol. The highest BCUT2D eigenvalue weighted by Crippen LogP contribution is 2.22. The van der Waals surface area contributed by atoms with Crippen LogP contribution in [-0.4, -0.2) is 89.6 Å². The fraction of sp³-hybridized carbons (Fsp3) is 0.791. The molecule has 1 rings (SSSR count). The molecule has 1 aliphatic heterocycles. The minimum absolute atomic E-state index is 0.119. The molecule has 6 atom stereocenters. The molecule has 0 aromatic carbocycles. The molecule has 1 aliphatic rings. The summed E-state index contributed by atoms with van der Waals surface area (Å²) in [5.41, 5.74) is 0. The maximum atomic E-state index is 12.7. The van der Waals surface area contributed by atoms with Gasteiger partial charge in [-0.3, -0.25) is 4.79 Å². The molecule has 0 saturated carbocycles. The molecule has 1 saturated heterocycles. The number of esters is 1. The molecule has 52 heavy (non-hydrogen) atoms. The Morgan fingerprint density at radius 1 is 0.635 bits per heavy atom. The summed E-state index contributed by atoms with van der Waals surface area (Å²) in [4.78, 5) is 12.7. The van der Waals surface area contributed by atoms with E-state index in [-0.39, 0.29) is 19.2 Å². The van der Waals surface area contributed by atoms with Crippen molar-refractivity contribution in [2.24, 2.45) is 0 Å². The molecule has 9 heteroatoms. The minimum Gasteiger partial charge on any atom is -0.457 e. The molecule has 0 amide bonds. The Morgan fingerprint density at radius 3 is 1.77 bits per heavy atom. The zero-order chi connectivity index (χ0) is 37.9. The molecular weight excluding hydrogens is 660 g/mol. The Morgan fingerprint density at radius 2 is 1.17 bits per heavy atom. The molecule has 0 radical (unpaired) electrons. The van der Waals surface area contributed by atoms with E-state index in [1.54, 1.807) is 0 Å². The molecule has 0 aromatic rings. The zero-order valence-electron chi connectivity index (χ0n) is 32.8. The third-order valence-electron chi connectivity index (χ3n) is 9.26. The largest absolute Gasteiger partial charge is 0.457 e. The standard InChI is InChI=1S/C43H76O9/c1-3-5-7-9-11-13-15-16-17-18-19-20-21-22-23-24-26-28-30-32-39(45)51-37(35-49-33-31-29-27-25-14-12-10-8-6-4-2)36-50-43-42(48)41(47)40(46)38(34-44)52-43/h5,7,11,13,16-17,19-20,37-38,40-44,46-48H,3-4,6,8-10,12,14-15,18,21-36H2,1-2H3/b7-5-,13-11-,17-16-,20-19-. The second-order valence-electron chi connectivity index (χ2n) is 14.1. The van der Waals surface area contributed by atoms with Crippen LogP contribution >= 0.6 is 0 Å². The van der Waals surface area contributed by atoms with Gasteiger partial charge in [0.1, 0.15) is 30.5 Å². The highest BCUT2D eigenvalue weighted by molar-refractivity contribution is 5.69. The van der Waals surface area contributed by atoms with Crippen LogP contribution in [0.25, 0.3) is 0 Å². The fourth-order valence-electron chi connectivity index (χ4n) is 6.01. The van der Waals surface area contributed by atoms with E-state index in [1.165, 1.54) is 64.2 Å². The third kappa shape index (κ3) is 26.0. The predicted molar refractivity (Wildman–Crippen MR) is 210 cm³/mol. The van der Waals surface area contributed by atoms with E-state index in [0.717, 1.165) is 70.6 Å². The van der Waals surface area contributed by atoms with E-state index in [2.05, 4.69) is 62.5 Å². The molecule has 0 bridgehead atoms. The van der Waals surface area contributed by atoms with E-state index < -0.39 is 43.4 Å². The number of aliphatic hydroxyl groups is 4. The molecule has 4 N–H and O–H groups in total. The second-order valence-corrected chi connectivity index (χ2v) is 14.1. The van der Waals surface area contributed by atoms with Crippen LogP contribution in [0.2, 0.25) is 0 Å². The second kappa shape index (κ2) is 34.9. The van der Waals surface area contributed by atoms with Crippen molar-refractivity contribution in [3.05, 3.63) is 48.6 Å². The summed E-state index contributed by atoms with van der Waals surface area (Å²) in [5.74, 6) is -0.329. The lowest BCUT2D eigenvalue weighted by Crippen LogP contribution is -2.59. The molecule has 1 fully saturated rings. The van der Waals surface area contributed by atoms with Gasteiger partial charge in [-0.15, -0.1) is 0 Å². The van der Waals surface area contributed by atoms with Crippen LogP contribution in [0, 0.1) is 0 Å². The van der Waals surface area contributed by atoms with Crippen LogP contribution in [0.5, 0.6) is 0 Å². The Hall–Kier alpha value is -1.85. The quantitative estimate of drug-likeness (QED) is 0.0291. The average Bonchev–Trinajstić information content (AvgIpc) is 3.14. The molecule has 0 aromatic heterocycles. The van der Waals surface area contributed by atoms with Crippen molar-refractivity contribution in [2.75, 3.05) is 26.4 Å². The number of allylic oxidation sites excluding steroid dienone is 8. The lowest BCUT2D eigenvalue weighted by molar-refractivity contribution is -0.305. The molecule has 0 spiro atoms. The highest BCUT2D eigenvalue weighted by Gasteiger charge is 2.44. The van der Waals surface area contributed by atoms with Crippen molar-refractivity contribution >= 4 is 5.97 Å². The van der Waals surface area contributed by atoms with Crippen molar-refractivity contribution in [3.63, 3.8) is 0 Å². The highest BCUT2D eigenvalue weighted by atomic mass is 16.7. The third-order valence-corrected chi connectivity index (χ3v) is 9.26. The van der Waals surface area contributed by atoms with Crippen LogP contribution in [0.15, 0.2) is 48.6 Å². The number of carbonyl (C=O) groups is 1. The van der Waals surface area contributed by atoms with Crippen molar-refractivity contribution < 1.29 is 44.2 Å². The summed E-state index contributed by atoms with van der Waals surface area (Å²) in [6, 6.07) is 0. The first-order chi connectivity index (χ1) is 25.4. The molecule has 302 valence electrons. The SMILES string of the molecule is CC/C=C\C/C=C\C/C=C\C/C=C\CCCCCCCCC(=O)OC(COCCCCCCCCCCCC)COC1OC(CO)C(O)C(O)C1O. The maximum Gasteiger partial charge on any atom is 0.306 e. The first kappa shape index (κ1) is 48.2. The zero-order valence-corrected chi connectivity index (χ0v) is 32.8. The Labute approximate surface area is 316 Å². The number of unbranched alkanes of at least 4 members (excludes halogenated alkanes) is 15. The van der Waals surface area contributed by atoms with Gasteiger partial charge in [0.2, 0.25) is 0 Å². The predicted octanol–water partition coefficient (Wildman–Crippen LogP) is 8.58. The van der Waals surface area contributed by atoms with Gasteiger partial charge in [-0.05, 0) is 51.4 Å². The fourth-order valence-corrected chi connectivity index (χ4v) is 6.01. The van der Waals surface area contributed by atoms with Gasteiger partial charge in [-0.2, -0.15) is 0 Å². The number of hydrogen-bond acceptors (Lipinski definition) is 9. The number of aliphatic hydroxyl groups excluding tert-OH is 4. The molecule has 1 heterocycles. The first-order valence-corrected chi connectivity index (χ1v) is 20.7. The Kier molecular flexibility index (Phi) is 32.3. The Bertz CT molecular complexity index is 932. The normalized spacial score (nSPS) is 21.7. The van der Waals surface area contributed by atoms with E-state index in [0.29, 0.717) is 13.0 Å². The smallest absolute Gasteiger partial charge is 0.306 e. The van der Waals surface area contributed by atoms with E-state index in [1.807, 2.05) is 0 Å². The summed E-state index contributed by atoms with van der Waals surface area (Å²) < 4.78 is 22.7. The molecular formula is C43H76O9. The lowest BCUT2D eigenvalue weighted by Gasteiger charge is -2.39. The topological polar surface area (TPSA) is 135 Å². The summed E-state index contributed by atoms with van der Waals surface area (Å²) in [6.07, 6.45) is 34.2. The number of hydrogen-bond donors (Lipinski definition) is 4. The van der Waals surface area contributed by atoms with Gasteiger partial charge >= 0.3 is 5.97 Å². The van der Waals surface area contributed by atoms with Gasteiger partial charge in [-0.1, -0.05) is 146 Å². The minimum atomic E-state index is -1.54. The first-order valence-electron chi connectivity index (χ1n) is 20.7. The summed E-state index contributed by atoms with van der Waals surface area (Å²) >= 11 is 0. The van der Waals surface area contributed by atoms with Gasteiger partial charge in [-0.25, -0.2) is 0 Å². The van der Waals surface area contributed by atoms with Gasteiger partial charge in [0.15, 0.2) is 6.29 Å². The average molecular weight is 737 g/mol. The molecule has 0 aliphatic carbocycles. The van der Waals surface area contributed by atoms with Crippen molar-refractivity contribution in [1.82, 2.24) is 0 Å².